The highest BCUT2D eigenvalue weighted by Crippen LogP contribution is 2.25. The van der Waals surface area contributed by atoms with E-state index in [0.717, 1.165) is 50.7 Å². The molecule has 136 valence electrons. The summed E-state index contributed by atoms with van der Waals surface area (Å²) in [4.78, 5) is 6.79. The fourth-order valence-electron chi connectivity index (χ4n) is 3.09. The van der Waals surface area contributed by atoms with E-state index in [-0.39, 0.29) is 0 Å². The number of hydrogen-bond acceptors (Lipinski definition) is 7. The fourth-order valence-corrected chi connectivity index (χ4v) is 3.09. The van der Waals surface area contributed by atoms with E-state index in [0.29, 0.717) is 11.5 Å². The number of ether oxygens (including phenoxy) is 1. The molecule has 0 saturated carbocycles. The van der Waals surface area contributed by atoms with Gasteiger partial charge in [0.25, 0.3) is 0 Å². The third-order valence-corrected chi connectivity index (χ3v) is 4.48. The SMILES string of the molecule is COc1ccccc1-n1ncnc1-c1cn(CCN2CCNCC2)nn1. The largest absolute Gasteiger partial charge is 0.494 e. The smallest absolute Gasteiger partial charge is 0.185 e. The van der Waals surface area contributed by atoms with E-state index in [9.17, 15) is 0 Å². The third-order valence-electron chi connectivity index (χ3n) is 4.48. The molecule has 1 aliphatic heterocycles. The Balaban J connectivity index is 1.52. The Labute approximate surface area is 151 Å². The van der Waals surface area contributed by atoms with Gasteiger partial charge in [-0.3, -0.25) is 9.58 Å². The maximum atomic E-state index is 5.43. The molecular weight excluding hydrogens is 332 g/mol. The highest BCUT2D eigenvalue weighted by molar-refractivity contribution is 5.55. The lowest BCUT2D eigenvalue weighted by Crippen LogP contribution is -2.44. The topological polar surface area (TPSA) is 85.9 Å². The highest BCUT2D eigenvalue weighted by atomic mass is 16.5. The molecule has 0 aliphatic carbocycles. The molecule has 0 atom stereocenters. The lowest BCUT2D eigenvalue weighted by molar-refractivity contribution is 0.228. The zero-order chi connectivity index (χ0) is 17.8. The van der Waals surface area contributed by atoms with Crippen LogP contribution in [-0.2, 0) is 6.54 Å². The van der Waals surface area contributed by atoms with Crippen LogP contribution in [0.2, 0.25) is 0 Å². The predicted molar refractivity (Wildman–Crippen MR) is 96.2 cm³/mol. The molecule has 0 spiro atoms. The van der Waals surface area contributed by atoms with Crippen LogP contribution in [0.5, 0.6) is 5.75 Å². The summed E-state index contributed by atoms with van der Waals surface area (Å²) in [7, 11) is 1.64. The van der Waals surface area contributed by atoms with Gasteiger partial charge in [-0.05, 0) is 12.1 Å². The van der Waals surface area contributed by atoms with Gasteiger partial charge in [0, 0.05) is 32.7 Å². The monoisotopic (exact) mass is 354 g/mol. The Hall–Kier alpha value is -2.78. The molecule has 0 radical (unpaired) electrons. The van der Waals surface area contributed by atoms with Crippen molar-refractivity contribution in [1.82, 2.24) is 40.0 Å². The molecule has 9 nitrogen and oxygen atoms in total. The van der Waals surface area contributed by atoms with Gasteiger partial charge in [0.15, 0.2) is 5.82 Å². The number of aromatic nitrogens is 6. The third kappa shape index (κ3) is 3.44. The normalized spacial score (nSPS) is 15.3. The zero-order valence-electron chi connectivity index (χ0n) is 14.7. The van der Waals surface area contributed by atoms with Gasteiger partial charge < -0.3 is 10.1 Å². The Morgan fingerprint density at radius 2 is 2.00 bits per heavy atom. The maximum Gasteiger partial charge on any atom is 0.185 e. The summed E-state index contributed by atoms with van der Waals surface area (Å²) >= 11 is 0. The number of hydrogen-bond donors (Lipinski definition) is 1. The van der Waals surface area contributed by atoms with E-state index in [2.05, 4.69) is 30.6 Å². The van der Waals surface area contributed by atoms with Crippen LogP contribution in [0.25, 0.3) is 17.2 Å². The molecular formula is C17H22N8O. The number of nitrogens with zero attached hydrogens (tertiary/aromatic N) is 7. The van der Waals surface area contributed by atoms with Crippen LogP contribution in [-0.4, -0.2) is 74.5 Å². The second kappa shape index (κ2) is 7.63. The van der Waals surface area contributed by atoms with Crippen LogP contribution in [0.15, 0.2) is 36.8 Å². The van der Waals surface area contributed by atoms with Gasteiger partial charge in [0.2, 0.25) is 0 Å². The van der Waals surface area contributed by atoms with Gasteiger partial charge in [-0.25, -0.2) is 9.67 Å². The van der Waals surface area contributed by atoms with Crippen LogP contribution >= 0.6 is 0 Å². The van der Waals surface area contributed by atoms with Crippen molar-refractivity contribution >= 4 is 0 Å². The molecule has 1 aliphatic rings. The number of para-hydroxylation sites is 2. The first-order chi connectivity index (χ1) is 12.8. The second-order valence-electron chi connectivity index (χ2n) is 6.13. The molecule has 3 heterocycles. The molecule has 1 aromatic carbocycles. The van der Waals surface area contributed by atoms with E-state index in [4.69, 9.17) is 4.74 Å². The van der Waals surface area contributed by atoms with Crippen LogP contribution in [0, 0.1) is 0 Å². The van der Waals surface area contributed by atoms with Gasteiger partial charge in [0.05, 0.1) is 19.9 Å². The molecule has 1 fully saturated rings. The van der Waals surface area contributed by atoms with Crippen molar-refractivity contribution in [2.75, 3.05) is 39.8 Å². The van der Waals surface area contributed by atoms with Crippen molar-refractivity contribution in [2.45, 2.75) is 6.54 Å². The number of methoxy groups -OCH3 is 1. The Morgan fingerprint density at radius 1 is 1.15 bits per heavy atom. The average Bonchev–Trinajstić information content (AvgIpc) is 3.36. The standard InChI is InChI=1S/C17H22N8O/c1-26-16-5-3-2-4-15(16)25-17(19-13-20-25)14-12-24(22-21-14)11-10-23-8-6-18-7-9-23/h2-5,12-13,18H,6-11H2,1H3. The van der Waals surface area contributed by atoms with E-state index in [1.807, 2.05) is 35.1 Å². The fraction of sp³-hybridized carbons (Fsp3) is 0.412. The number of rotatable bonds is 6. The number of benzene rings is 1. The molecule has 2 aromatic heterocycles. The Morgan fingerprint density at radius 3 is 2.85 bits per heavy atom. The summed E-state index contributed by atoms with van der Waals surface area (Å²) in [5.41, 5.74) is 1.51. The zero-order valence-corrected chi connectivity index (χ0v) is 14.7. The van der Waals surface area contributed by atoms with Crippen molar-refractivity contribution in [3.63, 3.8) is 0 Å². The molecule has 3 aromatic rings. The second-order valence-corrected chi connectivity index (χ2v) is 6.13. The molecule has 9 heteroatoms. The minimum atomic E-state index is 0.642. The molecule has 4 rings (SSSR count). The maximum absolute atomic E-state index is 5.43. The Bertz CT molecular complexity index is 852. The summed E-state index contributed by atoms with van der Waals surface area (Å²) in [5, 5.41) is 16.2. The number of piperazine rings is 1. The molecule has 1 saturated heterocycles. The quantitative estimate of drug-likeness (QED) is 0.687. The first-order valence-corrected chi connectivity index (χ1v) is 8.72. The lowest BCUT2D eigenvalue weighted by atomic mass is 10.3. The molecule has 0 unspecified atom stereocenters. The molecule has 26 heavy (non-hydrogen) atoms. The molecule has 1 N–H and O–H groups in total. The minimum absolute atomic E-state index is 0.642. The van der Waals surface area contributed by atoms with E-state index >= 15 is 0 Å². The molecule has 0 bridgehead atoms. The summed E-state index contributed by atoms with van der Waals surface area (Å²) in [5.74, 6) is 1.37. The van der Waals surface area contributed by atoms with Gasteiger partial charge in [0.1, 0.15) is 23.5 Å². The summed E-state index contributed by atoms with van der Waals surface area (Å²) in [6, 6.07) is 7.69. The first kappa shape index (κ1) is 16.7. The molecule has 0 amide bonds. The van der Waals surface area contributed by atoms with Crippen molar-refractivity contribution < 1.29 is 4.74 Å². The van der Waals surface area contributed by atoms with Crippen LogP contribution in [0.1, 0.15) is 0 Å². The number of nitrogens with one attached hydrogen (secondary N) is 1. The van der Waals surface area contributed by atoms with Gasteiger partial charge in [-0.2, -0.15) is 5.10 Å². The van der Waals surface area contributed by atoms with Gasteiger partial charge in [-0.15, -0.1) is 5.10 Å². The van der Waals surface area contributed by atoms with E-state index < -0.39 is 0 Å². The van der Waals surface area contributed by atoms with Crippen molar-refractivity contribution in [3.05, 3.63) is 36.8 Å². The Kier molecular flexibility index (Phi) is 4.89. The van der Waals surface area contributed by atoms with Crippen LogP contribution in [0.3, 0.4) is 0 Å². The summed E-state index contributed by atoms with van der Waals surface area (Å²) in [6.45, 7) is 6.00. The minimum Gasteiger partial charge on any atom is -0.494 e. The van der Waals surface area contributed by atoms with Gasteiger partial charge >= 0.3 is 0 Å². The van der Waals surface area contributed by atoms with Crippen LogP contribution < -0.4 is 10.1 Å². The highest BCUT2D eigenvalue weighted by Gasteiger charge is 2.16. The van der Waals surface area contributed by atoms with Gasteiger partial charge in [-0.1, -0.05) is 17.3 Å². The van der Waals surface area contributed by atoms with Crippen molar-refractivity contribution in [1.29, 1.82) is 0 Å². The van der Waals surface area contributed by atoms with Crippen molar-refractivity contribution in [3.8, 4) is 23.0 Å². The lowest BCUT2D eigenvalue weighted by Gasteiger charge is -2.26. The first-order valence-electron chi connectivity index (χ1n) is 8.72. The van der Waals surface area contributed by atoms with E-state index in [1.54, 1.807) is 11.8 Å². The average molecular weight is 354 g/mol. The predicted octanol–water partition coefficient (Wildman–Crippen LogP) is 0.440. The summed E-state index contributed by atoms with van der Waals surface area (Å²) in [6.07, 6.45) is 3.43. The van der Waals surface area contributed by atoms with Crippen molar-refractivity contribution in [2.24, 2.45) is 0 Å². The van der Waals surface area contributed by atoms with E-state index in [1.165, 1.54) is 6.33 Å². The van der Waals surface area contributed by atoms with Crippen LogP contribution in [0.4, 0.5) is 0 Å². The summed E-state index contributed by atoms with van der Waals surface area (Å²) < 4.78 is 9.02.